The Balaban J connectivity index is 1.95. The molecule has 3 rings (SSSR count). The van der Waals surface area contributed by atoms with Crippen LogP contribution in [0.3, 0.4) is 0 Å². The van der Waals surface area contributed by atoms with Crippen LogP contribution in [0.25, 0.3) is 0 Å². The Kier molecular flexibility index (Phi) is 6.76. The van der Waals surface area contributed by atoms with Crippen LogP contribution in [0.2, 0.25) is 0 Å². The van der Waals surface area contributed by atoms with Crippen LogP contribution in [0.15, 0.2) is 42.5 Å². The molecule has 2 aromatic carbocycles. The van der Waals surface area contributed by atoms with Crippen molar-refractivity contribution >= 4 is 11.5 Å². The van der Waals surface area contributed by atoms with Crippen molar-refractivity contribution in [3.05, 3.63) is 64.7 Å². The predicted octanol–water partition coefficient (Wildman–Crippen LogP) is 4.28. The molecule has 0 saturated carbocycles. The highest BCUT2D eigenvalue weighted by molar-refractivity contribution is 6.03. The van der Waals surface area contributed by atoms with Crippen molar-refractivity contribution in [1.29, 1.82) is 0 Å². The van der Waals surface area contributed by atoms with Gasteiger partial charge >= 0.3 is 0 Å². The fourth-order valence-corrected chi connectivity index (χ4v) is 4.67. The number of hydrogen-bond donors (Lipinski definition) is 0. The number of likely N-dealkylation sites (N-methyl/N-ethyl adjacent to an activating group) is 1. The van der Waals surface area contributed by atoms with Crippen LogP contribution < -0.4 is 4.90 Å². The van der Waals surface area contributed by atoms with E-state index in [1.807, 2.05) is 44.4 Å². The second-order valence-electron chi connectivity index (χ2n) is 8.33. The Hall–Kier alpha value is -2.17. The number of morpholine rings is 1. The number of aryl methyl sites for hydroxylation is 2. The van der Waals surface area contributed by atoms with Gasteiger partial charge in [0.05, 0.1) is 18.8 Å². The fourth-order valence-electron chi connectivity index (χ4n) is 4.67. The van der Waals surface area contributed by atoms with Crippen molar-refractivity contribution in [2.45, 2.75) is 39.2 Å². The van der Waals surface area contributed by atoms with E-state index in [2.05, 4.69) is 42.7 Å². The van der Waals surface area contributed by atoms with Gasteiger partial charge in [0.1, 0.15) is 0 Å². The van der Waals surface area contributed by atoms with Crippen LogP contribution in [0.1, 0.15) is 40.4 Å². The van der Waals surface area contributed by atoms with Gasteiger partial charge in [-0.3, -0.25) is 9.69 Å². The van der Waals surface area contributed by atoms with Gasteiger partial charge in [-0.1, -0.05) is 49.4 Å². The number of anilines is 1. The number of Topliss-reactive ketones (excluding diaryl/α,β-unsaturated/α-hetero) is 1. The third-order valence-electron chi connectivity index (χ3n) is 6.27. The molecule has 4 nitrogen and oxygen atoms in total. The molecule has 1 unspecified atom stereocenters. The summed E-state index contributed by atoms with van der Waals surface area (Å²) in [5, 5.41) is 0. The summed E-state index contributed by atoms with van der Waals surface area (Å²) in [5.74, 6) is 0.193. The summed E-state index contributed by atoms with van der Waals surface area (Å²) in [4.78, 5) is 18.1. The Morgan fingerprint density at radius 1 is 1.07 bits per heavy atom. The van der Waals surface area contributed by atoms with Gasteiger partial charge < -0.3 is 9.64 Å². The van der Waals surface area contributed by atoms with Gasteiger partial charge in [0.25, 0.3) is 0 Å². The topological polar surface area (TPSA) is 32.8 Å². The second kappa shape index (κ2) is 9.10. The van der Waals surface area contributed by atoms with E-state index in [9.17, 15) is 4.79 Å². The molecule has 29 heavy (non-hydrogen) atoms. The molecule has 0 N–H and O–H groups in total. The molecule has 1 heterocycles. The first-order valence-corrected chi connectivity index (χ1v) is 10.6. The Bertz CT molecular complexity index is 818. The van der Waals surface area contributed by atoms with Crippen LogP contribution in [-0.4, -0.2) is 56.6 Å². The summed E-state index contributed by atoms with van der Waals surface area (Å²) in [5.41, 5.74) is 5.31. The van der Waals surface area contributed by atoms with E-state index in [0.717, 1.165) is 38.3 Å². The monoisotopic (exact) mass is 394 g/mol. The maximum absolute atomic E-state index is 13.6. The molecule has 156 valence electrons. The van der Waals surface area contributed by atoms with Crippen LogP contribution in [0.5, 0.6) is 0 Å². The van der Waals surface area contributed by atoms with Crippen LogP contribution >= 0.6 is 0 Å². The molecule has 4 heteroatoms. The number of rotatable bonds is 7. The summed E-state index contributed by atoms with van der Waals surface area (Å²) >= 11 is 0. The van der Waals surface area contributed by atoms with E-state index < -0.39 is 5.54 Å². The first-order valence-electron chi connectivity index (χ1n) is 10.6. The average molecular weight is 395 g/mol. The molecule has 1 fully saturated rings. The lowest BCUT2D eigenvalue weighted by Gasteiger charge is -2.38. The lowest BCUT2D eigenvalue weighted by atomic mass is 9.79. The summed E-state index contributed by atoms with van der Waals surface area (Å²) in [6, 6.07) is 14.2. The molecule has 1 aliphatic rings. The number of carbonyl (C=O) groups excluding carboxylic acids is 1. The zero-order valence-corrected chi connectivity index (χ0v) is 18.5. The summed E-state index contributed by atoms with van der Waals surface area (Å²) < 4.78 is 5.52. The zero-order valence-electron chi connectivity index (χ0n) is 18.5. The standard InChI is InChI=1S/C25H34N2O2/c1-6-25(26(4)5,24(28)22-10-8-7-9-11-22)18-21-16-19(2)23(20(3)17-21)27-12-14-29-15-13-27/h7-11,16-17H,6,12-15,18H2,1-5H3. The molecule has 1 atom stereocenters. The minimum atomic E-state index is -0.555. The van der Waals surface area contributed by atoms with Gasteiger partial charge in [0.2, 0.25) is 0 Å². The Morgan fingerprint density at radius 3 is 2.17 bits per heavy atom. The van der Waals surface area contributed by atoms with Gasteiger partial charge in [-0.2, -0.15) is 0 Å². The molecule has 0 aromatic heterocycles. The number of ketones is 1. The lowest BCUT2D eigenvalue weighted by molar-refractivity contribution is 0.0666. The molecule has 0 radical (unpaired) electrons. The lowest BCUT2D eigenvalue weighted by Crippen LogP contribution is -2.52. The minimum absolute atomic E-state index is 0.193. The predicted molar refractivity (Wildman–Crippen MR) is 120 cm³/mol. The third kappa shape index (κ3) is 4.39. The second-order valence-corrected chi connectivity index (χ2v) is 8.33. The van der Waals surface area contributed by atoms with E-state index in [1.165, 1.54) is 22.4 Å². The van der Waals surface area contributed by atoms with E-state index in [4.69, 9.17) is 4.74 Å². The molecule has 1 saturated heterocycles. The van der Waals surface area contributed by atoms with Crippen molar-refractivity contribution in [1.82, 2.24) is 4.90 Å². The van der Waals surface area contributed by atoms with Crippen LogP contribution in [-0.2, 0) is 11.2 Å². The highest BCUT2D eigenvalue weighted by Crippen LogP contribution is 2.32. The number of nitrogens with zero attached hydrogens (tertiary/aromatic N) is 2. The number of benzene rings is 2. The summed E-state index contributed by atoms with van der Waals surface area (Å²) in [6.45, 7) is 9.92. The van der Waals surface area contributed by atoms with Crippen molar-refractivity contribution in [2.24, 2.45) is 0 Å². The van der Waals surface area contributed by atoms with Gasteiger partial charge in [0, 0.05) is 24.3 Å². The van der Waals surface area contributed by atoms with Gasteiger partial charge in [0.15, 0.2) is 5.78 Å². The van der Waals surface area contributed by atoms with Crippen molar-refractivity contribution in [3.63, 3.8) is 0 Å². The maximum atomic E-state index is 13.6. The van der Waals surface area contributed by atoms with Crippen molar-refractivity contribution in [2.75, 3.05) is 45.3 Å². The molecule has 0 bridgehead atoms. The first kappa shape index (κ1) is 21.5. The molecule has 0 spiro atoms. The quantitative estimate of drug-likeness (QED) is 0.657. The van der Waals surface area contributed by atoms with E-state index >= 15 is 0 Å². The maximum Gasteiger partial charge on any atom is 0.183 e. The third-order valence-corrected chi connectivity index (χ3v) is 6.27. The highest BCUT2D eigenvalue weighted by Gasteiger charge is 2.39. The number of carbonyl (C=O) groups is 1. The minimum Gasteiger partial charge on any atom is -0.378 e. The first-order chi connectivity index (χ1) is 13.9. The SMILES string of the molecule is CCC(Cc1cc(C)c(N2CCOCC2)c(C)c1)(C(=O)c1ccccc1)N(C)C. The Labute approximate surface area is 175 Å². The molecule has 0 amide bonds. The summed E-state index contributed by atoms with van der Waals surface area (Å²) in [7, 11) is 4.04. The largest absolute Gasteiger partial charge is 0.378 e. The Morgan fingerprint density at radius 2 is 1.66 bits per heavy atom. The molecule has 2 aromatic rings. The number of hydrogen-bond acceptors (Lipinski definition) is 4. The average Bonchev–Trinajstić information content (AvgIpc) is 2.72. The molecule has 0 aliphatic carbocycles. The van der Waals surface area contributed by atoms with Crippen molar-refractivity contribution < 1.29 is 9.53 Å². The van der Waals surface area contributed by atoms with Crippen LogP contribution in [0.4, 0.5) is 5.69 Å². The van der Waals surface area contributed by atoms with E-state index in [1.54, 1.807) is 0 Å². The normalized spacial score (nSPS) is 16.7. The number of ether oxygens (including phenoxy) is 1. The molecule has 1 aliphatic heterocycles. The zero-order chi connectivity index (χ0) is 21.0. The van der Waals surface area contributed by atoms with Gasteiger partial charge in [-0.15, -0.1) is 0 Å². The van der Waals surface area contributed by atoms with E-state index in [-0.39, 0.29) is 5.78 Å². The highest BCUT2D eigenvalue weighted by atomic mass is 16.5. The summed E-state index contributed by atoms with van der Waals surface area (Å²) in [6.07, 6.45) is 1.46. The van der Waals surface area contributed by atoms with Gasteiger partial charge in [-0.05, 0) is 57.5 Å². The van der Waals surface area contributed by atoms with Gasteiger partial charge in [-0.25, -0.2) is 0 Å². The smallest absolute Gasteiger partial charge is 0.183 e. The van der Waals surface area contributed by atoms with E-state index in [0.29, 0.717) is 6.42 Å². The molecular weight excluding hydrogens is 360 g/mol. The van der Waals surface area contributed by atoms with Crippen molar-refractivity contribution in [3.8, 4) is 0 Å². The van der Waals surface area contributed by atoms with Crippen LogP contribution in [0, 0.1) is 13.8 Å². The molecular formula is C25H34N2O2. The fraction of sp³-hybridized carbons (Fsp3) is 0.480.